The highest BCUT2D eigenvalue weighted by Crippen LogP contribution is 2.26. The van der Waals surface area contributed by atoms with Crippen LogP contribution in [0.25, 0.3) is 0 Å². The first-order chi connectivity index (χ1) is 7.06. The molecule has 8 heteroatoms. The van der Waals surface area contributed by atoms with Crippen LogP contribution >= 0.6 is 11.6 Å². The molecule has 0 unspecified atom stereocenters. The molecule has 84 valence electrons. The molecule has 0 amide bonds. The van der Waals surface area contributed by atoms with E-state index in [-0.39, 0.29) is 17.3 Å². The van der Waals surface area contributed by atoms with Crippen LogP contribution in [0.15, 0.2) is 0 Å². The van der Waals surface area contributed by atoms with Crippen LogP contribution < -0.4 is 4.74 Å². The molecule has 0 saturated carbocycles. The highest BCUT2D eigenvalue weighted by atomic mass is 35.5. The first-order valence-electron chi connectivity index (χ1n) is 3.92. The van der Waals surface area contributed by atoms with E-state index in [2.05, 4.69) is 19.7 Å². The van der Waals surface area contributed by atoms with E-state index in [0.29, 0.717) is 0 Å². The number of ether oxygens (including phenoxy) is 2. The molecule has 0 aliphatic heterocycles. The van der Waals surface area contributed by atoms with E-state index < -0.39 is 18.5 Å². The van der Waals surface area contributed by atoms with E-state index in [1.165, 1.54) is 0 Å². The molecular formula is C7H7ClF2N2O3. The molecule has 5 nitrogen and oxygen atoms in total. The second kappa shape index (κ2) is 4.92. The Balaban J connectivity index is 2.84. The van der Waals surface area contributed by atoms with Crippen LogP contribution in [0.3, 0.4) is 0 Å². The molecule has 0 spiro atoms. The summed E-state index contributed by atoms with van der Waals surface area (Å²) in [5, 5.41) is 5.12. The van der Waals surface area contributed by atoms with Crippen molar-refractivity contribution in [1.82, 2.24) is 10.2 Å². The predicted octanol–water partition coefficient (Wildman–Crippen LogP) is 1.84. The van der Waals surface area contributed by atoms with Crippen molar-refractivity contribution >= 4 is 17.6 Å². The Morgan fingerprint density at radius 1 is 1.67 bits per heavy atom. The summed E-state index contributed by atoms with van der Waals surface area (Å²) in [7, 11) is 0. The normalized spacial score (nSPS) is 10.5. The first kappa shape index (κ1) is 11.7. The van der Waals surface area contributed by atoms with Gasteiger partial charge in [-0.25, -0.2) is 4.79 Å². The van der Waals surface area contributed by atoms with Crippen LogP contribution in [0, 0.1) is 0 Å². The Morgan fingerprint density at radius 3 is 2.87 bits per heavy atom. The Morgan fingerprint density at radius 2 is 2.33 bits per heavy atom. The number of aromatic nitrogens is 2. The Labute approximate surface area is 88.3 Å². The summed E-state index contributed by atoms with van der Waals surface area (Å²) < 4.78 is 32.1. The molecule has 0 aliphatic rings. The third kappa shape index (κ3) is 2.79. The number of rotatable bonds is 4. The molecule has 0 atom stereocenters. The van der Waals surface area contributed by atoms with E-state index in [1.54, 1.807) is 6.92 Å². The number of halogens is 3. The van der Waals surface area contributed by atoms with Crippen LogP contribution in [0.5, 0.6) is 5.88 Å². The zero-order valence-corrected chi connectivity index (χ0v) is 8.35. The molecule has 1 aromatic heterocycles. The molecule has 0 aromatic carbocycles. The molecular weight excluding hydrogens is 234 g/mol. The van der Waals surface area contributed by atoms with Crippen molar-refractivity contribution in [1.29, 1.82) is 0 Å². The van der Waals surface area contributed by atoms with Crippen molar-refractivity contribution in [3.8, 4) is 5.88 Å². The van der Waals surface area contributed by atoms with E-state index >= 15 is 0 Å². The SMILES string of the molecule is CCOC(=O)c1[nH]nc(OC(F)F)c1Cl. The molecule has 1 N–H and O–H groups in total. The summed E-state index contributed by atoms with van der Waals surface area (Å²) in [6.45, 7) is -1.32. The summed E-state index contributed by atoms with van der Waals surface area (Å²) in [6, 6.07) is 0. The number of nitrogens with zero attached hydrogens (tertiary/aromatic N) is 1. The van der Waals surface area contributed by atoms with Gasteiger partial charge < -0.3 is 9.47 Å². The molecule has 1 aromatic rings. The molecule has 0 radical (unpaired) electrons. The number of carbonyl (C=O) groups excluding carboxylic acids is 1. The maximum Gasteiger partial charge on any atom is 0.388 e. The Hall–Kier alpha value is -1.37. The zero-order chi connectivity index (χ0) is 11.4. The lowest BCUT2D eigenvalue weighted by molar-refractivity contribution is -0.0528. The van der Waals surface area contributed by atoms with Crippen LogP contribution in [-0.2, 0) is 4.74 Å². The van der Waals surface area contributed by atoms with Crippen molar-refractivity contribution in [2.45, 2.75) is 13.5 Å². The van der Waals surface area contributed by atoms with Gasteiger partial charge in [-0.3, -0.25) is 5.10 Å². The molecule has 15 heavy (non-hydrogen) atoms. The maximum atomic E-state index is 11.8. The van der Waals surface area contributed by atoms with E-state index in [1.807, 2.05) is 0 Å². The van der Waals surface area contributed by atoms with Gasteiger partial charge in [0, 0.05) is 0 Å². The number of hydrogen-bond donors (Lipinski definition) is 1. The molecule has 0 fully saturated rings. The van der Waals surface area contributed by atoms with Crippen molar-refractivity contribution in [2.24, 2.45) is 0 Å². The fourth-order valence-electron chi connectivity index (χ4n) is 0.813. The number of esters is 1. The van der Waals surface area contributed by atoms with Gasteiger partial charge in [-0.05, 0) is 6.92 Å². The second-order valence-electron chi connectivity index (χ2n) is 2.32. The fraction of sp³-hybridized carbons (Fsp3) is 0.429. The third-order valence-corrected chi connectivity index (χ3v) is 1.71. The Bertz CT molecular complexity index is 356. The first-order valence-corrected chi connectivity index (χ1v) is 4.29. The minimum absolute atomic E-state index is 0.138. The fourth-order valence-corrected chi connectivity index (χ4v) is 1.02. The maximum absolute atomic E-state index is 11.8. The third-order valence-electron chi connectivity index (χ3n) is 1.36. The monoisotopic (exact) mass is 240 g/mol. The number of nitrogens with one attached hydrogen (secondary N) is 1. The number of alkyl halides is 2. The molecule has 1 heterocycles. The molecule has 0 bridgehead atoms. The van der Waals surface area contributed by atoms with E-state index in [9.17, 15) is 13.6 Å². The van der Waals surface area contributed by atoms with Gasteiger partial charge >= 0.3 is 12.6 Å². The minimum Gasteiger partial charge on any atom is -0.461 e. The summed E-state index contributed by atoms with van der Waals surface area (Å²) in [6.07, 6.45) is 0. The number of carbonyl (C=O) groups is 1. The summed E-state index contributed by atoms with van der Waals surface area (Å²) in [5.74, 6) is -1.31. The summed E-state index contributed by atoms with van der Waals surface area (Å²) >= 11 is 5.55. The minimum atomic E-state index is -3.05. The van der Waals surface area contributed by atoms with Crippen LogP contribution in [0.2, 0.25) is 5.02 Å². The standard InChI is InChI=1S/C7H7ClF2N2O3/c1-2-14-6(13)4-3(8)5(12-11-4)15-7(9)10/h7H,2H2,1H3,(H,11,12). The van der Waals surface area contributed by atoms with E-state index in [0.717, 1.165) is 0 Å². The summed E-state index contributed by atoms with van der Waals surface area (Å²) in [5.41, 5.74) is -0.214. The van der Waals surface area contributed by atoms with Crippen LogP contribution in [-0.4, -0.2) is 29.4 Å². The highest BCUT2D eigenvalue weighted by molar-refractivity contribution is 6.34. The Kier molecular flexibility index (Phi) is 3.84. The quantitative estimate of drug-likeness (QED) is 0.816. The van der Waals surface area contributed by atoms with Crippen molar-refractivity contribution in [2.75, 3.05) is 6.61 Å². The number of hydrogen-bond acceptors (Lipinski definition) is 4. The van der Waals surface area contributed by atoms with Crippen molar-refractivity contribution < 1.29 is 23.0 Å². The summed E-state index contributed by atoms with van der Waals surface area (Å²) in [4.78, 5) is 11.1. The number of aromatic amines is 1. The van der Waals surface area contributed by atoms with Gasteiger partial charge in [0.2, 0.25) is 0 Å². The molecule has 0 saturated heterocycles. The smallest absolute Gasteiger partial charge is 0.388 e. The lowest BCUT2D eigenvalue weighted by Crippen LogP contribution is -2.06. The van der Waals surface area contributed by atoms with Gasteiger partial charge in [0.1, 0.15) is 5.02 Å². The number of H-pyrrole nitrogens is 1. The molecule has 0 aliphatic carbocycles. The van der Waals surface area contributed by atoms with Gasteiger partial charge in [0.25, 0.3) is 5.88 Å². The molecule has 1 rings (SSSR count). The lowest BCUT2D eigenvalue weighted by Gasteiger charge is -2.00. The zero-order valence-electron chi connectivity index (χ0n) is 7.59. The second-order valence-corrected chi connectivity index (χ2v) is 2.69. The highest BCUT2D eigenvalue weighted by Gasteiger charge is 2.21. The van der Waals surface area contributed by atoms with Gasteiger partial charge in [0.05, 0.1) is 6.61 Å². The van der Waals surface area contributed by atoms with Crippen LogP contribution in [0.4, 0.5) is 8.78 Å². The van der Waals surface area contributed by atoms with Gasteiger partial charge in [-0.1, -0.05) is 11.6 Å². The average molecular weight is 241 g/mol. The largest absolute Gasteiger partial charge is 0.461 e. The van der Waals surface area contributed by atoms with Gasteiger partial charge in [0.15, 0.2) is 5.69 Å². The van der Waals surface area contributed by atoms with Crippen molar-refractivity contribution in [3.05, 3.63) is 10.7 Å². The predicted molar refractivity (Wildman–Crippen MR) is 46.2 cm³/mol. The van der Waals surface area contributed by atoms with Gasteiger partial charge in [-0.15, -0.1) is 5.10 Å². The van der Waals surface area contributed by atoms with Crippen molar-refractivity contribution in [3.63, 3.8) is 0 Å². The van der Waals surface area contributed by atoms with E-state index in [4.69, 9.17) is 11.6 Å². The van der Waals surface area contributed by atoms with Crippen LogP contribution in [0.1, 0.15) is 17.4 Å². The average Bonchev–Trinajstić information content (AvgIpc) is 2.48. The topological polar surface area (TPSA) is 64.2 Å². The lowest BCUT2D eigenvalue weighted by atomic mass is 10.4. The van der Waals surface area contributed by atoms with Gasteiger partial charge in [-0.2, -0.15) is 8.78 Å².